The van der Waals surface area contributed by atoms with Crippen molar-refractivity contribution >= 4 is 5.69 Å². The lowest BCUT2D eigenvalue weighted by Crippen LogP contribution is -2.45. The fourth-order valence-electron chi connectivity index (χ4n) is 1.81. The summed E-state index contributed by atoms with van der Waals surface area (Å²) in [5, 5.41) is 0. The van der Waals surface area contributed by atoms with Crippen molar-refractivity contribution < 1.29 is 0 Å². The molecule has 2 rings (SSSR count). The van der Waals surface area contributed by atoms with E-state index in [1.165, 1.54) is 0 Å². The molecular formula is C10H17N5. The van der Waals surface area contributed by atoms with Crippen LogP contribution in [0.2, 0.25) is 0 Å². The number of piperazine rings is 1. The first-order valence-corrected chi connectivity index (χ1v) is 5.13. The van der Waals surface area contributed by atoms with Crippen LogP contribution < -0.4 is 5.73 Å². The molecule has 0 aliphatic carbocycles. The molecule has 1 atom stereocenters. The minimum absolute atomic E-state index is 0.282. The Labute approximate surface area is 89.9 Å². The van der Waals surface area contributed by atoms with Crippen LogP contribution in [0.1, 0.15) is 11.9 Å². The summed E-state index contributed by atoms with van der Waals surface area (Å²) in [5.41, 5.74) is 6.19. The quantitative estimate of drug-likeness (QED) is 0.701. The molecule has 1 aromatic rings. The monoisotopic (exact) mass is 207 g/mol. The number of aromatic nitrogens is 2. The first kappa shape index (κ1) is 10.3. The molecule has 1 aliphatic heterocycles. The van der Waals surface area contributed by atoms with Crippen molar-refractivity contribution in [2.45, 2.75) is 6.04 Å². The largest absolute Gasteiger partial charge is 0.396 e. The first-order valence-electron chi connectivity index (χ1n) is 5.13. The van der Waals surface area contributed by atoms with Crippen molar-refractivity contribution in [3.63, 3.8) is 0 Å². The third kappa shape index (κ3) is 2.24. The van der Waals surface area contributed by atoms with Gasteiger partial charge in [0.05, 0.1) is 24.1 Å². The van der Waals surface area contributed by atoms with E-state index in [-0.39, 0.29) is 6.04 Å². The lowest BCUT2D eigenvalue weighted by Gasteiger charge is -2.36. The molecule has 1 unspecified atom stereocenters. The molecule has 0 saturated carbocycles. The molecule has 0 amide bonds. The Kier molecular flexibility index (Phi) is 2.83. The highest BCUT2D eigenvalue weighted by Gasteiger charge is 2.25. The molecular weight excluding hydrogens is 190 g/mol. The summed E-state index contributed by atoms with van der Waals surface area (Å²) in [6, 6.07) is 0.282. The van der Waals surface area contributed by atoms with E-state index in [0.717, 1.165) is 25.5 Å². The zero-order valence-electron chi connectivity index (χ0n) is 9.22. The van der Waals surface area contributed by atoms with Gasteiger partial charge < -0.3 is 10.6 Å². The van der Waals surface area contributed by atoms with E-state index in [1.54, 1.807) is 12.4 Å². The summed E-state index contributed by atoms with van der Waals surface area (Å²) in [4.78, 5) is 13.1. The third-order valence-corrected chi connectivity index (χ3v) is 2.84. The maximum absolute atomic E-state index is 5.57. The number of nitrogen functional groups attached to an aromatic ring is 1. The van der Waals surface area contributed by atoms with E-state index in [4.69, 9.17) is 5.73 Å². The van der Waals surface area contributed by atoms with Crippen molar-refractivity contribution in [1.82, 2.24) is 19.8 Å². The van der Waals surface area contributed by atoms with Gasteiger partial charge in [0.1, 0.15) is 5.82 Å². The maximum atomic E-state index is 5.57. The van der Waals surface area contributed by atoms with Gasteiger partial charge in [0.25, 0.3) is 0 Å². The number of nitrogens with two attached hydrogens (primary N) is 1. The molecule has 1 fully saturated rings. The lowest BCUT2D eigenvalue weighted by molar-refractivity contribution is 0.109. The van der Waals surface area contributed by atoms with Gasteiger partial charge in [-0.05, 0) is 14.1 Å². The second kappa shape index (κ2) is 4.12. The van der Waals surface area contributed by atoms with Gasteiger partial charge in [0, 0.05) is 19.6 Å². The summed E-state index contributed by atoms with van der Waals surface area (Å²) < 4.78 is 0. The van der Waals surface area contributed by atoms with Crippen LogP contribution in [-0.4, -0.2) is 53.5 Å². The highest BCUT2D eigenvalue weighted by Crippen LogP contribution is 2.19. The number of hydrogen-bond donors (Lipinski definition) is 1. The number of anilines is 1. The molecule has 15 heavy (non-hydrogen) atoms. The van der Waals surface area contributed by atoms with Gasteiger partial charge in [-0.2, -0.15) is 0 Å². The Bertz CT molecular complexity index is 323. The van der Waals surface area contributed by atoms with Crippen molar-refractivity contribution in [2.24, 2.45) is 0 Å². The average molecular weight is 207 g/mol. The second-order valence-corrected chi connectivity index (χ2v) is 4.13. The molecule has 5 heteroatoms. The minimum atomic E-state index is 0.282. The molecule has 2 N–H and O–H groups in total. The zero-order valence-corrected chi connectivity index (χ0v) is 9.22. The summed E-state index contributed by atoms with van der Waals surface area (Å²) in [6.45, 7) is 3.12. The van der Waals surface area contributed by atoms with E-state index in [0.29, 0.717) is 5.69 Å². The van der Waals surface area contributed by atoms with Crippen molar-refractivity contribution in [1.29, 1.82) is 0 Å². The molecule has 2 heterocycles. The van der Waals surface area contributed by atoms with Gasteiger partial charge in [-0.25, -0.2) is 9.97 Å². The number of likely N-dealkylation sites (N-methyl/N-ethyl adjacent to an activating group) is 2. The Hall–Kier alpha value is -1.20. The topological polar surface area (TPSA) is 58.3 Å². The average Bonchev–Trinajstić information content (AvgIpc) is 2.23. The van der Waals surface area contributed by atoms with Gasteiger partial charge in [-0.1, -0.05) is 0 Å². The van der Waals surface area contributed by atoms with Crippen LogP contribution >= 0.6 is 0 Å². The van der Waals surface area contributed by atoms with Gasteiger partial charge in [0.2, 0.25) is 0 Å². The number of nitrogens with zero attached hydrogens (tertiary/aromatic N) is 4. The minimum Gasteiger partial charge on any atom is -0.396 e. The van der Waals surface area contributed by atoms with Gasteiger partial charge in [-0.3, -0.25) is 4.90 Å². The van der Waals surface area contributed by atoms with Gasteiger partial charge in [-0.15, -0.1) is 0 Å². The summed E-state index contributed by atoms with van der Waals surface area (Å²) in [7, 11) is 4.23. The van der Waals surface area contributed by atoms with Crippen LogP contribution in [0.5, 0.6) is 0 Å². The van der Waals surface area contributed by atoms with Crippen LogP contribution in [0, 0.1) is 0 Å². The smallest absolute Gasteiger partial charge is 0.146 e. The SMILES string of the molecule is CN1CCN(C)C(c2ncc(N)cn2)C1. The second-order valence-electron chi connectivity index (χ2n) is 4.13. The van der Waals surface area contributed by atoms with Gasteiger partial charge >= 0.3 is 0 Å². The molecule has 1 aromatic heterocycles. The van der Waals surface area contributed by atoms with Crippen LogP contribution in [0.3, 0.4) is 0 Å². The van der Waals surface area contributed by atoms with Crippen LogP contribution in [0.15, 0.2) is 12.4 Å². The standard InChI is InChI=1S/C10H17N5/c1-14-3-4-15(2)9(7-14)10-12-5-8(11)6-13-10/h5-6,9H,3-4,7,11H2,1-2H3. The van der Waals surface area contributed by atoms with E-state index >= 15 is 0 Å². The van der Waals surface area contributed by atoms with Crippen molar-refractivity contribution in [3.05, 3.63) is 18.2 Å². The fourth-order valence-corrected chi connectivity index (χ4v) is 1.81. The van der Waals surface area contributed by atoms with E-state index in [9.17, 15) is 0 Å². The Morgan fingerprint density at radius 1 is 1.27 bits per heavy atom. The Balaban J connectivity index is 2.17. The summed E-state index contributed by atoms with van der Waals surface area (Å²) >= 11 is 0. The molecule has 0 radical (unpaired) electrons. The predicted octanol–water partition coefficient (Wildman–Crippen LogP) is -0.0229. The lowest BCUT2D eigenvalue weighted by atomic mass is 10.1. The Morgan fingerprint density at radius 2 is 1.93 bits per heavy atom. The van der Waals surface area contributed by atoms with Crippen molar-refractivity contribution in [3.8, 4) is 0 Å². The van der Waals surface area contributed by atoms with Crippen LogP contribution in [0.4, 0.5) is 5.69 Å². The molecule has 0 spiro atoms. The van der Waals surface area contributed by atoms with Gasteiger partial charge in [0.15, 0.2) is 0 Å². The van der Waals surface area contributed by atoms with Crippen LogP contribution in [0.25, 0.3) is 0 Å². The maximum Gasteiger partial charge on any atom is 0.146 e. The normalized spacial score (nSPS) is 24.3. The number of hydrogen-bond acceptors (Lipinski definition) is 5. The zero-order chi connectivity index (χ0) is 10.8. The molecule has 1 aliphatic rings. The highest BCUT2D eigenvalue weighted by molar-refractivity contribution is 5.30. The first-order chi connectivity index (χ1) is 7.16. The highest BCUT2D eigenvalue weighted by atomic mass is 15.3. The third-order valence-electron chi connectivity index (χ3n) is 2.84. The fraction of sp³-hybridized carbons (Fsp3) is 0.600. The number of rotatable bonds is 1. The molecule has 0 aromatic carbocycles. The summed E-state index contributed by atoms with van der Waals surface area (Å²) in [6.07, 6.45) is 3.34. The Morgan fingerprint density at radius 3 is 2.60 bits per heavy atom. The molecule has 82 valence electrons. The molecule has 0 bridgehead atoms. The predicted molar refractivity (Wildman–Crippen MR) is 59.3 cm³/mol. The molecule has 1 saturated heterocycles. The van der Waals surface area contributed by atoms with E-state index in [2.05, 4.69) is 33.9 Å². The van der Waals surface area contributed by atoms with E-state index in [1.807, 2.05) is 0 Å². The van der Waals surface area contributed by atoms with Crippen LogP contribution in [-0.2, 0) is 0 Å². The van der Waals surface area contributed by atoms with Crippen molar-refractivity contribution in [2.75, 3.05) is 39.5 Å². The molecule has 5 nitrogen and oxygen atoms in total. The van der Waals surface area contributed by atoms with E-state index < -0.39 is 0 Å². The summed E-state index contributed by atoms with van der Waals surface area (Å²) in [5.74, 6) is 0.859.